The van der Waals surface area contributed by atoms with Crippen molar-refractivity contribution in [1.29, 1.82) is 0 Å². The highest BCUT2D eigenvalue weighted by Gasteiger charge is 2.35. The third-order valence-corrected chi connectivity index (χ3v) is 6.00. The first-order valence-corrected chi connectivity index (χ1v) is 10.6. The van der Waals surface area contributed by atoms with Crippen molar-refractivity contribution < 1.29 is 9.59 Å². The third kappa shape index (κ3) is 3.75. The molecule has 0 aliphatic carbocycles. The van der Waals surface area contributed by atoms with E-state index in [0.29, 0.717) is 24.7 Å². The number of anilines is 3. The van der Waals surface area contributed by atoms with E-state index in [1.165, 1.54) is 11.1 Å². The van der Waals surface area contributed by atoms with Crippen molar-refractivity contribution in [2.24, 2.45) is 0 Å². The van der Waals surface area contributed by atoms with E-state index in [-0.39, 0.29) is 23.7 Å². The topological polar surface area (TPSA) is 107 Å². The van der Waals surface area contributed by atoms with Gasteiger partial charge in [-0.25, -0.2) is 0 Å². The molecular formula is C24H23N5O3. The van der Waals surface area contributed by atoms with Crippen LogP contribution in [0.4, 0.5) is 17.5 Å². The maximum atomic E-state index is 13.0. The van der Waals surface area contributed by atoms with Crippen LogP contribution in [0.15, 0.2) is 53.3 Å². The smallest absolute Gasteiger partial charge is 0.258 e. The molecule has 2 amide bonds. The van der Waals surface area contributed by atoms with E-state index in [1.54, 1.807) is 12.1 Å². The molecule has 8 nitrogen and oxygen atoms in total. The third-order valence-electron chi connectivity index (χ3n) is 6.00. The number of hydrogen-bond acceptors (Lipinski definition) is 5. The molecule has 2 aromatic carbocycles. The van der Waals surface area contributed by atoms with E-state index in [1.807, 2.05) is 36.1 Å². The SMILES string of the molecule is Cc1ccc(NC(=O)[C@H]2CC(=O)Nc3nc(N4CCc5ccccc5C4)[nH]c(=O)c32)cc1. The Hall–Kier alpha value is -3.94. The number of benzene rings is 2. The average Bonchev–Trinajstić information content (AvgIpc) is 2.79. The number of H-pyrrole nitrogens is 1. The lowest BCUT2D eigenvalue weighted by Gasteiger charge is -2.30. The quantitative estimate of drug-likeness (QED) is 0.593. The Bertz CT molecular complexity index is 1270. The fraction of sp³-hybridized carbons (Fsp3) is 0.250. The van der Waals surface area contributed by atoms with Crippen molar-refractivity contribution >= 4 is 29.3 Å². The van der Waals surface area contributed by atoms with Crippen LogP contribution in [-0.2, 0) is 22.6 Å². The summed E-state index contributed by atoms with van der Waals surface area (Å²) < 4.78 is 0. The zero-order valence-electron chi connectivity index (χ0n) is 17.6. The van der Waals surface area contributed by atoms with Gasteiger partial charge in [0, 0.05) is 25.2 Å². The molecule has 5 rings (SSSR count). The Morgan fingerprint density at radius 3 is 2.62 bits per heavy atom. The molecule has 1 aromatic heterocycles. The Labute approximate surface area is 184 Å². The molecule has 3 N–H and O–H groups in total. The number of nitrogens with zero attached hydrogens (tertiary/aromatic N) is 2. The van der Waals surface area contributed by atoms with Crippen molar-refractivity contribution in [1.82, 2.24) is 9.97 Å². The summed E-state index contributed by atoms with van der Waals surface area (Å²) >= 11 is 0. The normalized spacial score (nSPS) is 17.2. The number of carbonyl (C=O) groups is 2. The predicted molar refractivity (Wildman–Crippen MR) is 122 cm³/mol. The van der Waals surface area contributed by atoms with Gasteiger partial charge in [0.1, 0.15) is 5.82 Å². The minimum Gasteiger partial charge on any atom is -0.338 e. The van der Waals surface area contributed by atoms with Crippen molar-refractivity contribution in [3.05, 3.63) is 81.1 Å². The molecule has 0 radical (unpaired) electrons. The Morgan fingerprint density at radius 1 is 1.09 bits per heavy atom. The van der Waals surface area contributed by atoms with Crippen LogP contribution < -0.4 is 21.1 Å². The van der Waals surface area contributed by atoms with Crippen molar-refractivity contribution in [3.8, 4) is 0 Å². The number of aromatic amines is 1. The Balaban J connectivity index is 1.44. The van der Waals surface area contributed by atoms with E-state index in [0.717, 1.165) is 12.0 Å². The molecule has 2 aliphatic rings. The van der Waals surface area contributed by atoms with Crippen LogP contribution in [0.2, 0.25) is 0 Å². The molecule has 0 bridgehead atoms. The van der Waals surface area contributed by atoms with Gasteiger partial charge in [0.15, 0.2) is 0 Å². The number of fused-ring (bicyclic) bond motifs is 2. The first-order valence-electron chi connectivity index (χ1n) is 10.6. The fourth-order valence-electron chi connectivity index (χ4n) is 4.28. The molecule has 0 saturated carbocycles. The van der Waals surface area contributed by atoms with Crippen molar-refractivity contribution in [3.63, 3.8) is 0 Å². The zero-order valence-corrected chi connectivity index (χ0v) is 17.6. The molecule has 8 heteroatoms. The van der Waals surface area contributed by atoms with Crippen LogP contribution >= 0.6 is 0 Å². The van der Waals surface area contributed by atoms with Gasteiger partial charge in [-0.2, -0.15) is 4.98 Å². The van der Waals surface area contributed by atoms with Gasteiger partial charge in [0.2, 0.25) is 17.8 Å². The first kappa shape index (κ1) is 20.0. The summed E-state index contributed by atoms with van der Waals surface area (Å²) in [4.78, 5) is 47.7. The van der Waals surface area contributed by atoms with Gasteiger partial charge in [0.05, 0.1) is 11.5 Å². The van der Waals surface area contributed by atoms with Crippen LogP contribution in [0, 0.1) is 6.92 Å². The largest absolute Gasteiger partial charge is 0.338 e. The number of rotatable bonds is 3. The minimum absolute atomic E-state index is 0.105. The molecule has 0 saturated heterocycles. The Morgan fingerprint density at radius 2 is 1.84 bits per heavy atom. The van der Waals surface area contributed by atoms with E-state index in [4.69, 9.17) is 0 Å². The summed E-state index contributed by atoms with van der Waals surface area (Å²) in [5.41, 5.74) is 3.92. The molecule has 2 aliphatic heterocycles. The van der Waals surface area contributed by atoms with Gasteiger partial charge in [-0.3, -0.25) is 19.4 Å². The predicted octanol–water partition coefficient (Wildman–Crippen LogP) is 2.71. The highest BCUT2D eigenvalue weighted by Crippen LogP contribution is 2.31. The minimum atomic E-state index is -0.910. The van der Waals surface area contributed by atoms with Gasteiger partial charge in [0.25, 0.3) is 5.56 Å². The van der Waals surface area contributed by atoms with E-state index < -0.39 is 17.4 Å². The second-order valence-corrected chi connectivity index (χ2v) is 8.25. The summed E-state index contributed by atoms with van der Waals surface area (Å²) in [6, 6.07) is 15.5. The lowest BCUT2D eigenvalue weighted by atomic mass is 9.92. The van der Waals surface area contributed by atoms with Crippen LogP contribution in [0.25, 0.3) is 0 Å². The van der Waals surface area contributed by atoms with Crippen molar-refractivity contribution in [2.45, 2.75) is 32.2 Å². The fourth-order valence-corrected chi connectivity index (χ4v) is 4.28. The summed E-state index contributed by atoms with van der Waals surface area (Å²) in [5.74, 6) is -1.11. The number of hydrogen-bond donors (Lipinski definition) is 3. The number of amides is 2. The Kier molecular flexibility index (Phi) is 4.97. The number of nitrogens with one attached hydrogen (secondary N) is 3. The van der Waals surface area contributed by atoms with E-state index in [2.05, 4.69) is 32.7 Å². The van der Waals surface area contributed by atoms with Gasteiger partial charge >= 0.3 is 0 Å². The summed E-state index contributed by atoms with van der Waals surface area (Å²) in [6.45, 7) is 3.27. The van der Waals surface area contributed by atoms with Gasteiger partial charge < -0.3 is 15.5 Å². The van der Waals surface area contributed by atoms with Gasteiger partial charge in [-0.1, -0.05) is 42.0 Å². The standard InChI is InChI=1S/C24H23N5O3/c1-14-6-8-17(9-7-14)25-22(31)18-12-19(30)26-21-20(18)23(32)28-24(27-21)29-11-10-15-4-2-3-5-16(15)13-29/h2-9,18H,10-13H2,1H3,(H,25,31)(H2,26,27,28,30,32)/t18-/m0/s1. The summed E-state index contributed by atoms with van der Waals surface area (Å²) in [5, 5.41) is 5.49. The van der Waals surface area contributed by atoms with E-state index >= 15 is 0 Å². The van der Waals surface area contributed by atoms with Crippen LogP contribution in [0.5, 0.6) is 0 Å². The molecule has 0 fully saturated rings. The number of aryl methyl sites for hydroxylation is 1. The highest BCUT2D eigenvalue weighted by molar-refractivity contribution is 6.04. The monoisotopic (exact) mass is 429 g/mol. The van der Waals surface area contributed by atoms with Gasteiger partial charge in [-0.05, 0) is 36.6 Å². The van der Waals surface area contributed by atoms with E-state index in [9.17, 15) is 14.4 Å². The molecule has 0 unspecified atom stereocenters. The van der Waals surface area contributed by atoms with Crippen LogP contribution in [-0.4, -0.2) is 28.3 Å². The summed E-state index contributed by atoms with van der Waals surface area (Å²) in [6.07, 6.45) is 0.733. The molecule has 1 atom stereocenters. The number of aromatic nitrogens is 2. The lowest BCUT2D eigenvalue weighted by molar-refractivity contribution is -0.123. The molecule has 162 valence electrons. The molecular weight excluding hydrogens is 406 g/mol. The second-order valence-electron chi connectivity index (χ2n) is 8.25. The van der Waals surface area contributed by atoms with Crippen molar-refractivity contribution in [2.75, 3.05) is 22.1 Å². The zero-order chi connectivity index (χ0) is 22.2. The van der Waals surface area contributed by atoms with Crippen LogP contribution in [0.3, 0.4) is 0 Å². The highest BCUT2D eigenvalue weighted by atomic mass is 16.2. The molecule has 32 heavy (non-hydrogen) atoms. The number of carbonyl (C=O) groups excluding carboxylic acids is 2. The molecule has 3 aromatic rings. The first-order chi connectivity index (χ1) is 15.5. The maximum Gasteiger partial charge on any atom is 0.258 e. The molecule has 0 spiro atoms. The lowest BCUT2D eigenvalue weighted by Crippen LogP contribution is -2.38. The maximum absolute atomic E-state index is 13.0. The second kappa shape index (κ2) is 7.96. The summed E-state index contributed by atoms with van der Waals surface area (Å²) in [7, 11) is 0. The van der Waals surface area contributed by atoms with Gasteiger partial charge in [-0.15, -0.1) is 0 Å². The average molecular weight is 429 g/mol. The molecule has 3 heterocycles. The van der Waals surface area contributed by atoms with Crippen LogP contribution in [0.1, 0.15) is 34.6 Å².